The topological polar surface area (TPSA) is 58.6 Å². The van der Waals surface area contributed by atoms with E-state index in [1.54, 1.807) is 26.3 Å². The van der Waals surface area contributed by atoms with Crippen LogP contribution in [0.4, 0.5) is 0 Å². The second-order valence-corrected chi connectivity index (χ2v) is 7.43. The monoisotopic (exact) mass is 314 g/mol. The van der Waals surface area contributed by atoms with Gasteiger partial charge in [-0.15, -0.1) is 0 Å². The number of methoxy groups -OCH3 is 1. The van der Waals surface area contributed by atoms with Gasteiger partial charge in [0, 0.05) is 32.8 Å². The van der Waals surface area contributed by atoms with Crippen LogP contribution in [0.2, 0.25) is 0 Å². The quantitative estimate of drug-likeness (QED) is 0.795. The van der Waals surface area contributed by atoms with Crippen LogP contribution in [0.25, 0.3) is 0 Å². The number of benzene rings is 1. The Kier molecular flexibility index (Phi) is 6.80. The Morgan fingerprint density at radius 2 is 1.86 bits per heavy atom. The number of ether oxygens (including phenoxy) is 1. The van der Waals surface area contributed by atoms with Gasteiger partial charge in [0.25, 0.3) is 0 Å². The van der Waals surface area contributed by atoms with Crippen molar-refractivity contribution in [1.29, 1.82) is 0 Å². The molecule has 0 aliphatic rings. The maximum atomic E-state index is 12.8. The molecule has 120 valence electrons. The molecule has 0 spiro atoms. The SMILES string of the molecule is COCC(C)N(C)S(=O)(=O)c1ccccc1CNC(C)C. The van der Waals surface area contributed by atoms with E-state index in [9.17, 15) is 8.42 Å². The number of hydrogen-bond acceptors (Lipinski definition) is 4. The van der Waals surface area contributed by atoms with Crippen LogP contribution >= 0.6 is 0 Å². The molecule has 0 bridgehead atoms. The lowest BCUT2D eigenvalue weighted by molar-refractivity contribution is 0.149. The van der Waals surface area contributed by atoms with Crippen molar-refractivity contribution >= 4 is 10.0 Å². The molecule has 1 atom stereocenters. The number of sulfonamides is 1. The molecule has 1 N–H and O–H groups in total. The van der Waals surface area contributed by atoms with E-state index in [0.717, 1.165) is 5.56 Å². The molecular formula is C15H26N2O3S. The molecular weight excluding hydrogens is 288 g/mol. The molecule has 1 aromatic rings. The van der Waals surface area contributed by atoms with Gasteiger partial charge in [0.05, 0.1) is 11.5 Å². The lowest BCUT2D eigenvalue weighted by Gasteiger charge is -2.25. The third kappa shape index (κ3) is 4.78. The number of rotatable bonds is 8. The van der Waals surface area contributed by atoms with Crippen LogP contribution < -0.4 is 5.32 Å². The molecule has 0 aliphatic carbocycles. The number of hydrogen-bond donors (Lipinski definition) is 1. The predicted molar refractivity (Wildman–Crippen MR) is 84.7 cm³/mol. The van der Waals surface area contributed by atoms with Crippen LogP contribution in [0, 0.1) is 0 Å². The van der Waals surface area contributed by atoms with Crippen molar-refractivity contribution in [3.05, 3.63) is 29.8 Å². The first-order valence-corrected chi connectivity index (χ1v) is 8.53. The minimum Gasteiger partial charge on any atom is -0.383 e. The van der Waals surface area contributed by atoms with Crippen molar-refractivity contribution in [1.82, 2.24) is 9.62 Å². The summed E-state index contributed by atoms with van der Waals surface area (Å²) in [5.41, 5.74) is 0.780. The van der Waals surface area contributed by atoms with Crippen molar-refractivity contribution in [3.8, 4) is 0 Å². The highest BCUT2D eigenvalue weighted by molar-refractivity contribution is 7.89. The summed E-state index contributed by atoms with van der Waals surface area (Å²) in [6, 6.07) is 7.19. The van der Waals surface area contributed by atoms with E-state index in [1.165, 1.54) is 4.31 Å². The zero-order valence-corrected chi connectivity index (χ0v) is 14.3. The van der Waals surface area contributed by atoms with Gasteiger partial charge in [-0.2, -0.15) is 4.31 Å². The highest BCUT2D eigenvalue weighted by Gasteiger charge is 2.27. The summed E-state index contributed by atoms with van der Waals surface area (Å²) in [5.74, 6) is 0. The average Bonchev–Trinajstić information content (AvgIpc) is 2.44. The van der Waals surface area contributed by atoms with Gasteiger partial charge in [0.1, 0.15) is 0 Å². The van der Waals surface area contributed by atoms with Gasteiger partial charge in [0.15, 0.2) is 0 Å². The molecule has 0 saturated carbocycles. The minimum absolute atomic E-state index is 0.217. The Hall–Kier alpha value is -0.950. The van der Waals surface area contributed by atoms with Crippen LogP contribution in [-0.4, -0.2) is 45.6 Å². The molecule has 6 heteroatoms. The van der Waals surface area contributed by atoms with Gasteiger partial charge in [-0.1, -0.05) is 32.0 Å². The summed E-state index contributed by atoms with van der Waals surface area (Å²) in [5, 5.41) is 3.26. The first kappa shape index (κ1) is 18.1. The summed E-state index contributed by atoms with van der Waals surface area (Å²) < 4.78 is 31.9. The molecule has 21 heavy (non-hydrogen) atoms. The van der Waals surface area contributed by atoms with E-state index in [1.807, 2.05) is 32.9 Å². The fourth-order valence-electron chi connectivity index (χ4n) is 1.95. The van der Waals surface area contributed by atoms with Gasteiger partial charge in [-0.25, -0.2) is 8.42 Å². The number of nitrogens with zero attached hydrogens (tertiary/aromatic N) is 1. The lowest BCUT2D eigenvalue weighted by Crippen LogP contribution is -2.38. The molecule has 0 saturated heterocycles. The van der Waals surface area contributed by atoms with E-state index >= 15 is 0 Å². The Morgan fingerprint density at radius 1 is 1.24 bits per heavy atom. The van der Waals surface area contributed by atoms with E-state index in [-0.39, 0.29) is 6.04 Å². The van der Waals surface area contributed by atoms with Crippen LogP contribution in [0.1, 0.15) is 26.3 Å². The Balaban J connectivity index is 3.07. The maximum absolute atomic E-state index is 12.8. The van der Waals surface area contributed by atoms with Gasteiger partial charge in [-0.05, 0) is 18.6 Å². The first-order chi connectivity index (χ1) is 9.80. The average molecular weight is 314 g/mol. The van der Waals surface area contributed by atoms with Crippen molar-refractivity contribution in [2.24, 2.45) is 0 Å². The van der Waals surface area contributed by atoms with Gasteiger partial charge in [-0.3, -0.25) is 0 Å². The van der Waals surface area contributed by atoms with E-state index in [4.69, 9.17) is 4.74 Å². The Labute approximate surface area is 128 Å². The van der Waals surface area contributed by atoms with Crippen molar-refractivity contribution in [2.45, 2.75) is 44.3 Å². The molecule has 0 fully saturated rings. The van der Waals surface area contributed by atoms with E-state index in [0.29, 0.717) is 24.1 Å². The highest BCUT2D eigenvalue weighted by atomic mass is 32.2. The molecule has 0 radical (unpaired) electrons. The minimum atomic E-state index is -3.53. The second-order valence-electron chi connectivity index (χ2n) is 5.47. The van der Waals surface area contributed by atoms with Gasteiger partial charge in [0.2, 0.25) is 10.0 Å². The third-order valence-corrected chi connectivity index (χ3v) is 5.43. The molecule has 1 rings (SSSR count). The fourth-order valence-corrected chi connectivity index (χ4v) is 3.52. The zero-order valence-electron chi connectivity index (χ0n) is 13.5. The van der Waals surface area contributed by atoms with E-state index in [2.05, 4.69) is 5.32 Å². The fraction of sp³-hybridized carbons (Fsp3) is 0.600. The summed E-state index contributed by atoms with van der Waals surface area (Å²) in [7, 11) is -0.370. The summed E-state index contributed by atoms with van der Waals surface area (Å²) in [6.45, 7) is 6.78. The highest BCUT2D eigenvalue weighted by Crippen LogP contribution is 2.21. The smallest absolute Gasteiger partial charge is 0.243 e. The Bertz CT molecular complexity index is 544. The normalized spacial score (nSPS) is 13.9. The van der Waals surface area contributed by atoms with Crippen molar-refractivity contribution < 1.29 is 13.2 Å². The van der Waals surface area contributed by atoms with Crippen molar-refractivity contribution in [3.63, 3.8) is 0 Å². The maximum Gasteiger partial charge on any atom is 0.243 e. The predicted octanol–water partition coefficient (Wildman–Crippen LogP) is 1.84. The third-order valence-electron chi connectivity index (χ3n) is 3.36. The van der Waals surface area contributed by atoms with Gasteiger partial charge >= 0.3 is 0 Å². The molecule has 5 nitrogen and oxygen atoms in total. The molecule has 1 unspecified atom stereocenters. The van der Waals surface area contributed by atoms with Crippen LogP contribution in [0.3, 0.4) is 0 Å². The van der Waals surface area contributed by atoms with E-state index < -0.39 is 10.0 Å². The summed E-state index contributed by atoms with van der Waals surface area (Å²) in [6.07, 6.45) is 0. The lowest BCUT2D eigenvalue weighted by atomic mass is 10.2. The molecule has 0 aromatic heterocycles. The molecule has 0 aliphatic heterocycles. The van der Waals surface area contributed by atoms with Crippen molar-refractivity contribution in [2.75, 3.05) is 20.8 Å². The number of nitrogens with one attached hydrogen (secondary N) is 1. The standard InChI is InChI=1S/C15H26N2O3S/c1-12(2)16-10-14-8-6-7-9-15(14)21(18,19)17(4)13(3)11-20-5/h6-9,12-13,16H,10-11H2,1-5H3. The van der Waals surface area contributed by atoms with Crippen LogP contribution in [0.5, 0.6) is 0 Å². The Morgan fingerprint density at radius 3 is 2.43 bits per heavy atom. The van der Waals surface area contributed by atoms with Crippen LogP contribution in [0.15, 0.2) is 29.2 Å². The second kappa shape index (κ2) is 7.89. The molecule has 0 amide bonds. The number of likely N-dealkylation sites (N-methyl/N-ethyl adjacent to an activating group) is 1. The largest absolute Gasteiger partial charge is 0.383 e. The zero-order chi connectivity index (χ0) is 16.0. The molecule has 0 heterocycles. The summed E-state index contributed by atoms with van der Waals surface area (Å²) in [4.78, 5) is 0.351. The van der Waals surface area contributed by atoms with Gasteiger partial charge < -0.3 is 10.1 Å². The van der Waals surface area contributed by atoms with Crippen LogP contribution in [-0.2, 0) is 21.3 Å². The molecule has 1 aromatic carbocycles. The first-order valence-electron chi connectivity index (χ1n) is 7.09. The summed E-state index contributed by atoms with van der Waals surface area (Å²) >= 11 is 0.